The number of carbonyl (C=O) groups is 1. The first kappa shape index (κ1) is 14.4. The lowest BCUT2D eigenvalue weighted by Crippen LogP contribution is -2.35. The average molecular weight is 278 g/mol. The summed E-state index contributed by atoms with van der Waals surface area (Å²) in [5.41, 5.74) is 2.09. The number of thioether (sulfide) groups is 1. The lowest BCUT2D eigenvalue weighted by molar-refractivity contribution is -0.114. The molecule has 0 bridgehead atoms. The van der Waals surface area contributed by atoms with Crippen LogP contribution in [0.25, 0.3) is 0 Å². The highest BCUT2D eigenvalue weighted by Gasteiger charge is 2.25. The summed E-state index contributed by atoms with van der Waals surface area (Å²) in [7, 11) is 0. The maximum Gasteiger partial charge on any atom is 0.221 e. The van der Waals surface area contributed by atoms with Crippen LogP contribution in [0, 0.1) is 0 Å². The van der Waals surface area contributed by atoms with Gasteiger partial charge in [0.2, 0.25) is 5.91 Å². The first-order chi connectivity index (χ1) is 9.06. The van der Waals surface area contributed by atoms with Gasteiger partial charge < -0.3 is 10.6 Å². The van der Waals surface area contributed by atoms with Crippen LogP contribution in [0.15, 0.2) is 24.3 Å². The normalized spacial score (nSPS) is 24.2. The summed E-state index contributed by atoms with van der Waals surface area (Å²) < 4.78 is 0. The fourth-order valence-corrected chi connectivity index (χ4v) is 3.67. The molecule has 1 aliphatic rings. The average Bonchev–Trinajstić information content (AvgIpc) is 2.74. The number of amides is 1. The summed E-state index contributed by atoms with van der Waals surface area (Å²) in [6.45, 7) is 6.00. The van der Waals surface area contributed by atoms with Crippen molar-refractivity contribution in [3.63, 3.8) is 0 Å². The molecule has 0 radical (unpaired) electrons. The van der Waals surface area contributed by atoms with Crippen molar-refractivity contribution in [2.45, 2.75) is 44.5 Å². The summed E-state index contributed by atoms with van der Waals surface area (Å²) in [5.74, 6) is 1.22. The SMILES string of the molecule is CC(=O)Nc1cccc(C(C)NC2CCSC2C)c1. The Bertz CT molecular complexity index is 450. The van der Waals surface area contributed by atoms with Gasteiger partial charge in [-0.05, 0) is 36.8 Å². The standard InChI is InChI=1S/C15H22N2OS/c1-10(16-15-7-8-19-11(15)2)13-5-4-6-14(9-13)17-12(3)18/h4-6,9-11,15-16H,7-8H2,1-3H3,(H,17,18). The molecule has 3 unspecified atom stereocenters. The molecule has 1 aromatic carbocycles. The fourth-order valence-electron chi connectivity index (χ4n) is 2.46. The van der Waals surface area contributed by atoms with Crippen molar-refractivity contribution >= 4 is 23.4 Å². The number of hydrogen-bond acceptors (Lipinski definition) is 3. The zero-order valence-electron chi connectivity index (χ0n) is 11.8. The molecule has 2 rings (SSSR count). The monoisotopic (exact) mass is 278 g/mol. The summed E-state index contributed by atoms with van der Waals surface area (Å²) in [5, 5.41) is 7.20. The third kappa shape index (κ3) is 3.98. The molecular weight excluding hydrogens is 256 g/mol. The van der Waals surface area contributed by atoms with E-state index in [-0.39, 0.29) is 5.91 Å². The number of carbonyl (C=O) groups excluding carboxylic acids is 1. The fraction of sp³-hybridized carbons (Fsp3) is 0.533. The molecule has 1 fully saturated rings. The lowest BCUT2D eigenvalue weighted by atomic mass is 10.0. The van der Waals surface area contributed by atoms with E-state index in [1.165, 1.54) is 24.7 Å². The minimum Gasteiger partial charge on any atom is -0.326 e. The smallest absolute Gasteiger partial charge is 0.221 e. The van der Waals surface area contributed by atoms with E-state index in [0.717, 1.165) is 5.69 Å². The molecule has 0 aromatic heterocycles. The van der Waals surface area contributed by atoms with E-state index in [1.54, 1.807) is 0 Å². The largest absolute Gasteiger partial charge is 0.326 e. The second-order valence-electron chi connectivity index (χ2n) is 5.17. The van der Waals surface area contributed by atoms with Crippen LogP contribution in [-0.2, 0) is 4.79 Å². The molecule has 0 saturated carbocycles. The summed E-state index contributed by atoms with van der Waals surface area (Å²) in [6, 6.07) is 8.96. The Morgan fingerprint density at radius 2 is 2.26 bits per heavy atom. The molecule has 2 N–H and O–H groups in total. The van der Waals surface area contributed by atoms with Crippen molar-refractivity contribution in [1.82, 2.24) is 5.32 Å². The van der Waals surface area contributed by atoms with E-state index < -0.39 is 0 Å². The maximum atomic E-state index is 11.1. The van der Waals surface area contributed by atoms with Gasteiger partial charge in [0.25, 0.3) is 0 Å². The second-order valence-corrected chi connectivity index (χ2v) is 6.65. The molecule has 19 heavy (non-hydrogen) atoms. The van der Waals surface area contributed by atoms with Crippen LogP contribution in [-0.4, -0.2) is 23.0 Å². The molecule has 1 saturated heterocycles. The van der Waals surface area contributed by atoms with Crippen LogP contribution in [0.3, 0.4) is 0 Å². The Balaban J connectivity index is 2.01. The van der Waals surface area contributed by atoms with Crippen LogP contribution in [0.5, 0.6) is 0 Å². The molecular formula is C15H22N2OS. The van der Waals surface area contributed by atoms with E-state index in [0.29, 0.717) is 17.3 Å². The van der Waals surface area contributed by atoms with Crippen molar-refractivity contribution in [1.29, 1.82) is 0 Å². The highest BCUT2D eigenvalue weighted by atomic mass is 32.2. The number of hydrogen-bond donors (Lipinski definition) is 2. The second kappa shape index (κ2) is 6.44. The molecule has 1 aromatic rings. The Labute approximate surface area is 119 Å². The van der Waals surface area contributed by atoms with Gasteiger partial charge in [0.15, 0.2) is 0 Å². The zero-order valence-corrected chi connectivity index (χ0v) is 12.6. The number of benzene rings is 1. The highest BCUT2D eigenvalue weighted by Crippen LogP contribution is 2.28. The molecule has 0 spiro atoms. The van der Waals surface area contributed by atoms with E-state index in [9.17, 15) is 4.79 Å². The van der Waals surface area contributed by atoms with E-state index >= 15 is 0 Å². The Hall–Kier alpha value is -1.00. The molecule has 104 valence electrons. The van der Waals surface area contributed by atoms with Crippen molar-refractivity contribution in [3.05, 3.63) is 29.8 Å². The van der Waals surface area contributed by atoms with E-state index in [4.69, 9.17) is 0 Å². The van der Waals surface area contributed by atoms with Gasteiger partial charge in [0, 0.05) is 29.9 Å². The van der Waals surface area contributed by atoms with Crippen LogP contribution < -0.4 is 10.6 Å². The minimum absolute atomic E-state index is 0.0291. The predicted octanol–water partition coefficient (Wildman–Crippen LogP) is 3.19. The minimum atomic E-state index is -0.0291. The quantitative estimate of drug-likeness (QED) is 0.888. The van der Waals surface area contributed by atoms with Crippen LogP contribution in [0.4, 0.5) is 5.69 Å². The first-order valence-electron chi connectivity index (χ1n) is 6.81. The van der Waals surface area contributed by atoms with Crippen molar-refractivity contribution < 1.29 is 4.79 Å². The summed E-state index contributed by atoms with van der Waals surface area (Å²) >= 11 is 2.03. The molecule has 1 amide bonds. The summed E-state index contributed by atoms with van der Waals surface area (Å²) in [6.07, 6.45) is 1.24. The third-order valence-corrected chi connectivity index (χ3v) is 4.87. The first-order valence-corrected chi connectivity index (χ1v) is 7.86. The van der Waals surface area contributed by atoms with Gasteiger partial charge in [-0.3, -0.25) is 4.79 Å². The molecule has 4 heteroatoms. The van der Waals surface area contributed by atoms with Crippen molar-refractivity contribution in [2.75, 3.05) is 11.1 Å². The van der Waals surface area contributed by atoms with Crippen molar-refractivity contribution in [2.24, 2.45) is 0 Å². The zero-order chi connectivity index (χ0) is 13.8. The molecule has 3 nitrogen and oxygen atoms in total. The van der Waals surface area contributed by atoms with Gasteiger partial charge in [0.05, 0.1) is 0 Å². The maximum absolute atomic E-state index is 11.1. The van der Waals surface area contributed by atoms with E-state index in [1.807, 2.05) is 30.0 Å². The molecule has 1 heterocycles. The molecule has 0 aliphatic carbocycles. The van der Waals surface area contributed by atoms with Crippen molar-refractivity contribution in [3.8, 4) is 0 Å². The topological polar surface area (TPSA) is 41.1 Å². The van der Waals surface area contributed by atoms with Gasteiger partial charge >= 0.3 is 0 Å². The predicted molar refractivity (Wildman–Crippen MR) is 82.6 cm³/mol. The van der Waals surface area contributed by atoms with Gasteiger partial charge in [-0.25, -0.2) is 0 Å². The van der Waals surface area contributed by atoms with Crippen LogP contribution in [0.1, 0.15) is 38.8 Å². The Kier molecular flexibility index (Phi) is 4.88. The summed E-state index contributed by atoms with van der Waals surface area (Å²) in [4.78, 5) is 11.1. The van der Waals surface area contributed by atoms with Gasteiger partial charge in [0.1, 0.15) is 0 Å². The Morgan fingerprint density at radius 3 is 2.89 bits per heavy atom. The van der Waals surface area contributed by atoms with Crippen LogP contribution >= 0.6 is 11.8 Å². The van der Waals surface area contributed by atoms with Gasteiger partial charge in [-0.2, -0.15) is 11.8 Å². The number of rotatable bonds is 4. The number of nitrogens with one attached hydrogen (secondary N) is 2. The van der Waals surface area contributed by atoms with Gasteiger partial charge in [-0.15, -0.1) is 0 Å². The third-order valence-electron chi connectivity index (χ3n) is 3.55. The lowest BCUT2D eigenvalue weighted by Gasteiger charge is -2.23. The van der Waals surface area contributed by atoms with E-state index in [2.05, 4.69) is 30.5 Å². The van der Waals surface area contributed by atoms with Gasteiger partial charge in [-0.1, -0.05) is 19.1 Å². The number of anilines is 1. The molecule has 1 aliphatic heterocycles. The Morgan fingerprint density at radius 1 is 1.47 bits per heavy atom. The molecule has 3 atom stereocenters. The van der Waals surface area contributed by atoms with Crippen LogP contribution in [0.2, 0.25) is 0 Å². The highest BCUT2D eigenvalue weighted by molar-refractivity contribution is 8.00.